The molecule has 0 bridgehead atoms. The zero-order chi connectivity index (χ0) is 22.7. The van der Waals surface area contributed by atoms with Crippen molar-refractivity contribution in [2.75, 3.05) is 13.1 Å². The highest BCUT2D eigenvalue weighted by Gasteiger charge is 2.36. The molecule has 0 amide bonds. The van der Waals surface area contributed by atoms with Gasteiger partial charge >= 0.3 is 5.63 Å². The largest absolute Gasteiger partial charge is 0.507 e. The van der Waals surface area contributed by atoms with Gasteiger partial charge in [-0.2, -0.15) is 0 Å². The first kappa shape index (κ1) is 22.3. The molecule has 0 saturated carbocycles. The van der Waals surface area contributed by atoms with Crippen LogP contribution in [0.1, 0.15) is 56.6 Å². The van der Waals surface area contributed by atoms with E-state index in [-0.39, 0.29) is 17.1 Å². The monoisotopic (exact) mass is 433 g/mol. The highest BCUT2D eigenvalue weighted by molar-refractivity contribution is 5.86. The number of fused-ring (bicyclic) bond motifs is 1. The van der Waals surface area contributed by atoms with Gasteiger partial charge in [-0.25, -0.2) is 4.79 Å². The van der Waals surface area contributed by atoms with Crippen LogP contribution in [0.15, 0.2) is 63.8 Å². The van der Waals surface area contributed by atoms with Crippen molar-refractivity contribution in [1.29, 1.82) is 0 Å². The van der Waals surface area contributed by atoms with Crippen molar-refractivity contribution in [3.8, 4) is 5.75 Å². The predicted octanol–water partition coefficient (Wildman–Crippen LogP) is 5.10. The molecule has 32 heavy (non-hydrogen) atoms. The van der Waals surface area contributed by atoms with Gasteiger partial charge in [0.05, 0.1) is 10.9 Å². The number of carbonyl (C=O) groups excluding carboxylic acids is 1. The molecule has 1 aromatic heterocycles. The molecular formula is C27H31NO4. The molecule has 1 N–H and O–H groups in total. The third-order valence-electron chi connectivity index (χ3n) is 6.87. The number of rotatable bonds is 7. The average molecular weight is 434 g/mol. The lowest BCUT2D eigenvalue weighted by molar-refractivity contribution is -0.122. The Labute approximate surface area is 188 Å². The van der Waals surface area contributed by atoms with Gasteiger partial charge in [0.2, 0.25) is 0 Å². The Morgan fingerprint density at radius 3 is 2.56 bits per heavy atom. The highest BCUT2D eigenvalue weighted by Crippen LogP contribution is 2.39. The molecule has 168 valence electrons. The molecule has 0 radical (unpaired) electrons. The number of ketones is 1. The van der Waals surface area contributed by atoms with Crippen LogP contribution in [0.5, 0.6) is 5.75 Å². The first-order valence-electron chi connectivity index (χ1n) is 11.6. The van der Waals surface area contributed by atoms with Gasteiger partial charge in [0.25, 0.3) is 0 Å². The van der Waals surface area contributed by atoms with E-state index in [1.807, 2.05) is 30.3 Å². The molecule has 1 saturated heterocycles. The van der Waals surface area contributed by atoms with Crippen LogP contribution in [0.3, 0.4) is 0 Å². The molecule has 0 aliphatic carbocycles. The minimum Gasteiger partial charge on any atom is -0.507 e. The molecule has 5 heteroatoms. The van der Waals surface area contributed by atoms with Crippen LogP contribution >= 0.6 is 0 Å². The lowest BCUT2D eigenvalue weighted by Crippen LogP contribution is -2.45. The Balaban J connectivity index is 1.86. The topological polar surface area (TPSA) is 70.8 Å². The van der Waals surface area contributed by atoms with E-state index in [0.717, 1.165) is 31.4 Å². The van der Waals surface area contributed by atoms with Crippen LogP contribution in [0.2, 0.25) is 0 Å². The molecule has 4 rings (SSSR count). The van der Waals surface area contributed by atoms with Crippen molar-refractivity contribution in [2.24, 2.45) is 5.92 Å². The van der Waals surface area contributed by atoms with E-state index in [1.165, 1.54) is 6.42 Å². The summed E-state index contributed by atoms with van der Waals surface area (Å²) < 4.78 is 5.60. The first-order chi connectivity index (χ1) is 15.5. The third kappa shape index (κ3) is 4.35. The number of hydrogen-bond donors (Lipinski definition) is 1. The van der Waals surface area contributed by atoms with Gasteiger partial charge in [0.1, 0.15) is 17.1 Å². The van der Waals surface area contributed by atoms with E-state index in [4.69, 9.17) is 4.42 Å². The van der Waals surface area contributed by atoms with Gasteiger partial charge in [0, 0.05) is 24.4 Å². The lowest BCUT2D eigenvalue weighted by Gasteiger charge is -2.39. The second-order valence-corrected chi connectivity index (χ2v) is 8.81. The minimum absolute atomic E-state index is 0.00578. The number of piperidine rings is 1. The van der Waals surface area contributed by atoms with Crippen LogP contribution < -0.4 is 5.63 Å². The van der Waals surface area contributed by atoms with E-state index in [2.05, 4.69) is 11.8 Å². The standard InChI is InChI=1S/C27H31NO4/c1-3-20-13-9-10-16-28(20)17-22(18(2)29)24(19-11-5-4-6-12-19)25-26(30)21-14-7-8-15-23(21)32-27(25)31/h4-8,11-12,14-15,20,22,24,30H,3,9-10,13,16-17H2,1-2H3/t20-,22+,24-/m1/s1. The Morgan fingerprint density at radius 2 is 1.84 bits per heavy atom. The Bertz CT molecular complexity index is 1140. The second kappa shape index (κ2) is 9.70. The van der Waals surface area contributed by atoms with Crippen molar-refractivity contribution in [1.82, 2.24) is 4.90 Å². The van der Waals surface area contributed by atoms with Gasteiger partial charge in [0.15, 0.2) is 0 Å². The maximum Gasteiger partial charge on any atom is 0.343 e. The number of carbonyl (C=O) groups is 1. The zero-order valence-corrected chi connectivity index (χ0v) is 18.8. The Hall–Kier alpha value is -2.92. The molecule has 1 fully saturated rings. The lowest BCUT2D eigenvalue weighted by atomic mass is 9.78. The SMILES string of the molecule is CC[C@@H]1CCCCN1C[C@@H](C(C)=O)[C@@H](c1ccccc1)c1c(O)c2ccccc2oc1=O. The van der Waals surface area contributed by atoms with Crippen LogP contribution in [-0.4, -0.2) is 34.9 Å². The number of Topliss-reactive ketones (excluding diaryl/α,β-unsaturated/α-hetero) is 1. The van der Waals surface area contributed by atoms with Crippen molar-refractivity contribution >= 4 is 16.8 Å². The molecular weight excluding hydrogens is 402 g/mol. The second-order valence-electron chi connectivity index (χ2n) is 8.81. The van der Waals surface area contributed by atoms with Crippen LogP contribution in [0.25, 0.3) is 11.0 Å². The van der Waals surface area contributed by atoms with E-state index >= 15 is 0 Å². The van der Waals surface area contributed by atoms with E-state index in [1.54, 1.807) is 31.2 Å². The third-order valence-corrected chi connectivity index (χ3v) is 6.87. The van der Waals surface area contributed by atoms with Crippen molar-refractivity contribution in [2.45, 2.75) is 51.5 Å². The van der Waals surface area contributed by atoms with Gasteiger partial charge in [-0.05, 0) is 50.4 Å². The predicted molar refractivity (Wildman–Crippen MR) is 126 cm³/mol. The fourth-order valence-corrected chi connectivity index (χ4v) is 5.17. The van der Waals surface area contributed by atoms with Crippen LogP contribution in [0, 0.1) is 5.92 Å². The Morgan fingerprint density at radius 1 is 1.12 bits per heavy atom. The molecule has 2 heterocycles. The van der Waals surface area contributed by atoms with Gasteiger partial charge < -0.3 is 9.52 Å². The summed E-state index contributed by atoms with van der Waals surface area (Å²) in [4.78, 5) is 28.6. The molecule has 0 unspecified atom stereocenters. The van der Waals surface area contributed by atoms with Gasteiger partial charge in [-0.3, -0.25) is 9.69 Å². The summed E-state index contributed by atoms with van der Waals surface area (Å²) in [5.74, 6) is -1.15. The highest BCUT2D eigenvalue weighted by atomic mass is 16.4. The number of hydrogen-bond acceptors (Lipinski definition) is 5. The number of nitrogens with zero attached hydrogens (tertiary/aromatic N) is 1. The minimum atomic E-state index is -0.591. The average Bonchev–Trinajstić information content (AvgIpc) is 2.81. The van der Waals surface area contributed by atoms with Crippen molar-refractivity contribution in [3.63, 3.8) is 0 Å². The van der Waals surface area contributed by atoms with Gasteiger partial charge in [-0.15, -0.1) is 0 Å². The Kier molecular flexibility index (Phi) is 6.75. The van der Waals surface area contributed by atoms with E-state index < -0.39 is 17.5 Å². The summed E-state index contributed by atoms with van der Waals surface area (Å²) in [7, 11) is 0. The summed E-state index contributed by atoms with van der Waals surface area (Å²) >= 11 is 0. The molecule has 1 aliphatic rings. The smallest absolute Gasteiger partial charge is 0.343 e. The van der Waals surface area contributed by atoms with E-state index in [0.29, 0.717) is 23.6 Å². The van der Waals surface area contributed by atoms with E-state index in [9.17, 15) is 14.7 Å². The first-order valence-corrected chi connectivity index (χ1v) is 11.6. The van der Waals surface area contributed by atoms with Gasteiger partial charge in [-0.1, -0.05) is 55.8 Å². The number of para-hydroxylation sites is 1. The molecule has 2 aromatic carbocycles. The maximum atomic E-state index is 13.2. The summed E-state index contributed by atoms with van der Waals surface area (Å²) in [5.41, 5.74) is 0.745. The molecule has 3 atom stereocenters. The summed E-state index contributed by atoms with van der Waals surface area (Å²) in [6, 6.07) is 16.9. The number of benzene rings is 2. The number of likely N-dealkylation sites (tertiary alicyclic amines) is 1. The molecule has 5 nitrogen and oxygen atoms in total. The fraction of sp³-hybridized carbons (Fsp3) is 0.407. The normalized spacial score (nSPS) is 19.0. The molecule has 3 aromatic rings. The van der Waals surface area contributed by atoms with Crippen molar-refractivity contribution < 1.29 is 14.3 Å². The number of aromatic hydroxyl groups is 1. The van der Waals surface area contributed by atoms with Crippen LogP contribution in [0.4, 0.5) is 0 Å². The summed E-state index contributed by atoms with van der Waals surface area (Å²) in [6.07, 6.45) is 4.47. The quantitative estimate of drug-likeness (QED) is 0.525. The maximum absolute atomic E-state index is 13.2. The summed E-state index contributed by atoms with van der Waals surface area (Å²) in [5, 5.41) is 11.7. The zero-order valence-electron chi connectivity index (χ0n) is 18.8. The fourth-order valence-electron chi connectivity index (χ4n) is 5.17. The van der Waals surface area contributed by atoms with Crippen molar-refractivity contribution in [3.05, 3.63) is 76.1 Å². The summed E-state index contributed by atoms with van der Waals surface area (Å²) in [6.45, 7) is 5.27. The molecule has 0 spiro atoms. The molecule has 1 aliphatic heterocycles. The van der Waals surface area contributed by atoms with Crippen LogP contribution in [-0.2, 0) is 4.79 Å².